The Balaban J connectivity index is 1.64. The first-order valence-corrected chi connectivity index (χ1v) is 11.5. The molecule has 1 N–H and O–H groups in total. The van der Waals surface area contributed by atoms with Crippen molar-refractivity contribution in [1.82, 2.24) is 10.4 Å². The predicted octanol–water partition coefficient (Wildman–Crippen LogP) is 5.18. The molecule has 4 rings (SSSR count). The van der Waals surface area contributed by atoms with Gasteiger partial charge in [-0.15, -0.1) is 0 Å². The summed E-state index contributed by atoms with van der Waals surface area (Å²) in [4.78, 5) is 26.2. The van der Waals surface area contributed by atoms with Gasteiger partial charge in [0.25, 0.3) is 11.8 Å². The van der Waals surface area contributed by atoms with Crippen LogP contribution in [0.4, 0.5) is 0 Å². The SMILES string of the molecule is COc1ccc(C(=O)NN2C(=O)/C(=C\c3c(OC(C)C)ccc4ccccc34)SC2=S)cc1. The lowest BCUT2D eigenvalue weighted by molar-refractivity contribution is -0.123. The van der Waals surface area contributed by atoms with Crippen molar-refractivity contribution in [2.24, 2.45) is 0 Å². The van der Waals surface area contributed by atoms with Gasteiger partial charge in [0.2, 0.25) is 0 Å². The van der Waals surface area contributed by atoms with E-state index in [0.717, 1.165) is 33.1 Å². The standard InChI is InChI=1S/C25H22N2O4S2/c1-15(2)31-21-13-10-16-6-4-5-7-19(16)20(21)14-22-24(29)27(25(32)33-22)26-23(28)17-8-11-18(30-3)12-9-17/h4-15H,1-3H3,(H,26,28)/b22-14+. The van der Waals surface area contributed by atoms with E-state index < -0.39 is 11.8 Å². The lowest BCUT2D eigenvalue weighted by Gasteiger charge is -2.16. The molecule has 3 aromatic rings. The van der Waals surface area contributed by atoms with Gasteiger partial charge in [-0.3, -0.25) is 15.0 Å². The number of nitrogens with one attached hydrogen (secondary N) is 1. The van der Waals surface area contributed by atoms with E-state index in [2.05, 4.69) is 5.43 Å². The number of ether oxygens (including phenoxy) is 2. The van der Waals surface area contributed by atoms with E-state index in [1.807, 2.05) is 50.2 Å². The first kappa shape index (κ1) is 22.8. The Hall–Kier alpha value is -3.36. The number of rotatable bonds is 6. The Morgan fingerprint density at radius 1 is 1.09 bits per heavy atom. The lowest BCUT2D eigenvalue weighted by Crippen LogP contribution is -2.44. The number of thioether (sulfide) groups is 1. The quantitative estimate of drug-likeness (QED) is 0.389. The number of thiocarbonyl (C=S) groups is 1. The summed E-state index contributed by atoms with van der Waals surface area (Å²) in [5, 5.41) is 3.10. The van der Waals surface area contributed by atoms with Crippen LogP contribution in [-0.2, 0) is 4.79 Å². The molecule has 0 atom stereocenters. The molecule has 1 aliphatic heterocycles. The zero-order valence-electron chi connectivity index (χ0n) is 18.3. The molecule has 168 valence electrons. The summed E-state index contributed by atoms with van der Waals surface area (Å²) < 4.78 is 11.4. The third-order valence-electron chi connectivity index (χ3n) is 4.93. The van der Waals surface area contributed by atoms with Crippen LogP contribution in [0.5, 0.6) is 11.5 Å². The zero-order valence-corrected chi connectivity index (χ0v) is 20.0. The summed E-state index contributed by atoms with van der Waals surface area (Å²) in [6, 6.07) is 18.4. The molecule has 3 aromatic carbocycles. The highest BCUT2D eigenvalue weighted by molar-refractivity contribution is 8.26. The third kappa shape index (κ3) is 4.86. The van der Waals surface area contributed by atoms with Gasteiger partial charge in [-0.1, -0.05) is 42.1 Å². The molecule has 1 saturated heterocycles. The highest BCUT2D eigenvalue weighted by Gasteiger charge is 2.34. The minimum absolute atomic E-state index is 0.0309. The summed E-state index contributed by atoms with van der Waals surface area (Å²) in [6.45, 7) is 3.90. The highest BCUT2D eigenvalue weighted by atomic mass is 32.2. The van der Waals surface area contributed by atoms with Crippen molar-refractivity contribution in [3.8, 4) is 11.5 Å². The number of amides is 2. The van der Waals surface area contributed by atoms with Gasteiger partial charge < -0.3 is 9.47 Å². The smallest absolute Gasteiger partial charge is 0.285 e. The van der Waals surface area contributed by atoms with Gasteiger partial charge in [-0.2, -0.15) is 5.01 Å². The number of fused-ring (bicyclic) bond motifs is 1. The van der Waals surface area contributed by atoms with Crippen molar-refractivity contribution < 1.29 is 19.1 Å². The van der Waals surface area contributed by atoms with Crippen LogP contribution in [0.3, 0.4) is 0 Å². The van der Waals surface area contributed by atoms with E-state index in [1.54, 1.807) is 37.5 Å². The number of carbonyl (C=O) groups excluding carboxylic acids is 2. The lowest BCUT2D eigenvalue weighted by atomic mass is 10.0. The van der Waals surface area contributed by atoms with Crippen LogP contribution in [0.2, 0.25) is 0 Å². The fraction of sp³-hybridized carbons (Fsp3) is 0.160. The molecule has 0 radical (unpaired) electrons. The van der Waals surface area contributed by atoms with Crippen LogP contribution >= 0.6 is 24.0 Å². The zero-order chi connectivity index (χ0) is 23.5. The van der Waals surface area contributed by atoms with Crippen molar-refractivity contribution in [1.29, 1.82) is 0 Å². The van der Waals surface area contributed by atoms with Crippen LogP contribution < -0.4 is 14.9 Å². The van der Waals surface area contributed by atoms with E-state index >= 15 is 0 Å². The van der Waals surface area contributed by atoms with Gasteiger partial charge in [0.15, 0.2) is 4.32 Å². The maximum absolute atomic E-state index is 13.1. The minimum Gasteiger partial charge on any atom is -0.497 e. The summed E-state index contributed by atoms with van der Waals surface area (Å²) in [6.07, 6.45) is 1.75. The van der Waals surface area contributed by atoms with E-state index in [4.69, 9.17) is 21.7 Å². The van der Waals surface area contributed by atoms with Crippen LogP contribution in [0.25, 0.3) is 16.8 Å². The first-order valence-electron chi connectivity index (χ1n) is 10.3. The molecule has 0 saturated carbocycles. The van der Waals surface area contributed by atoms with E-state index in [0.29, 0.717) is 22.0 Å². The molecule has 8 heteroatoms. The highest BCUT2D eigenvalue weighted by Crippen LogP contribution is 2.36. The Bertz CT molecular complexity index is 1270. The van der Waals surface area contributed by atoms with Crippen LogP contribution in [0.1, 0.15) is 29.8 Å². The molecule has 2 amide bonds. The molecule has 0 bridgehead atoms. The van der Waals surface area contributed by atoms with Gasteiger partial charge in [0, 0.05) is 11.1 Å². The summed E-state index contributed by atoms with van der Waals surface area (Å²) in [7, 11) is 1.55. The average molecular weight is 479 g/mol. The molecule has 0 unspecified atom stereocenters. The van der Waals surface area contributed by atoms with Gasteiger partial charge in [0.1, 0.15) is 11.5 Å². The van der Waals surface area contributed by atoms with Crippen molar-refractivity contribution >= 4 is 57.0 Å². The second-order valence-electron chi connectivity index (χ2n) is 7.55. The fourth-order valence-corrected chi connectivity index (χ4v) is 4.55. The number of hydrogen-bond donors (Lipinski definition) is 1. The summed E-state index contributed by atoms with van der Waals surface area (Å²) >= 11 is 6.51. The topological polar surface area (TPSA) is 67.9 Å². The number of carbonyl (C=O) groups is 2. The van der Waals surface area contributed by atoms with E-state index in [1.165, 1.54) is 0 Å². The second kappa shape index (κ2) is 9.64. The molecule has 1 heterocycles. The van der Waals surface area contributed by atoms with Crippen LogP contribution in [0, 0.1) is 0 Å². The van der Waals surface area contributed by atoms with Crippen LogP contribution in [0.15, 0.2) is 65.6 Å². The number of methoxy groups -OCH3 is 1. The maximum Gasteiger partial charge on any atom is 0.285 e. The monoisotopic (exact) mass is 478 g/mol. The average Bonchev–Trinajstić information content (AvgIpc) is 3.07. The molecule has 0 aliphatic carbocycles. The maximum atomic E-state index is 13.1. The number of benzene rings is 3. The second-order valence-corrected chi connectivity index (χ2v) is 9.23. The Labute approximate surface area is 201 Å². The predicted molar refractivity (Wildman–Crippen MR) is 135 cm³/mol. The Kier molecular flexibility index (Phi) is 6.67. The van der Waals surface area contributed by atoms with E-state index in [-0.39, 0.29) is 10.4 Å². The molecule has 0 aromatic heterocycles. The number of hydrogen-bond acceptors (Lipinski definition) is 6. The summed E-state index contributed by atoms with van der Waals surface area (Å²) in [5.41, 5.74) is 3.78. The number of nitrogens with zero attached hydrogens (tertiary/aromatic N) is 1. The molecular weight excluding hydrogens is 456 g/mol. The molecule has 6 nitrogen and oxygen atoms in total. The van der Waals surface area contributed by atoms with Gasteiger partial charge in [-0.25, -0.2) is 0 Å². The molecular formula is C25H22N2O4S2. The minimum atomic E-state index is -0.441. The van der Waals surface area contributed by atoms with Gasteiger partial charge in [0.05, 0.1) is 18.1 Å². The Morgan fingerprint density at radius 3 is 2.52 bits per heavy atom. The van der Waals surface area contributed by atoms with Gasteiger partial charge in [-0.05, 0) is 73.2 Å². The fourth-order valence-electron chi connectivity index (χ4n) is 3.38. The van der Waals surface area contributed by atoms with Crippen molar-refractivity contribution in [2.45, 2.75) is 20.0 Å². The first-order chi connectivity index (χ1) is 15.9. The number of hydrazine groups is 1. The largest absolute Gasteiger partial charge is 0.497 e. The normalized spacial score (nSPS) is 14.9. The molecule has 33 heavy (non-hydrogen) atoms. The molecule has 0 spiro atoms. The van der Waals surface area contributed by atoms with Crippen molar-refractivity contribution in [3.05, 3.63) is 76.7 Å². The molecule has 1 aliphatic rings. The Morgan fingerprint density at radius 2 is 1.82 bits per heavy atom. The van der Waals surface area contributed by atoms with Crippen molar-refractivity contribution in [2.75, 3.05) is 7.11 Å². The van der Waals surface area contributed by atoms with E-state index in [9.17, 15) is 9.59 Å². The van der Waals surface area contributed by atoms with Crippen LogP contribution in [-0.4, -0.2) is 34.4 Å². The summed E-state index contributed by atoms with van der Waals surface area (Å²) in [5.74, 6) is 0.477. The van der Waals surface area contributed by atoms with Crippen molar-refractivity contribution in [3.63, 3.8) is 0 Å². The molecule has 1 fully saturated rings. The third-order valence-corrected chi connectivity index (χ3v) is 6.23. The van der Waals surface area contributed by atoms with Gasteiger partial charge >= 0.3 is 0 Å².